The Morgan fingerprint density at radius 3 is 1.50 bits per heavy atom. The molecule has 0 heterocycles. The third-order valence-corrected chi connectivity index (χ3v) is 0.243. The van der Waals surface area contributed by atoms with E-state index in [2.05, 4.69) is 0 Å². The van der Waals surface area contributed by atoms with E-state index >= 15 is 0 Å². The Hall–Kier alpha value is -0.234. The van der Waals surface area contributed by atoms with Crippen LogP contribution < -0.4 is 0 Å². The summed E-state index contributed by atoms with van der Waals surface area (Å²) in [5.74, 6) is -2.76. The zero-order valence-corrected chi connectivity index (χ0v) is 4.36. The molecule has 0 saturated heterocycles. The summed E-state index contributed by atoms with van der Waals surface area (Å²) in [5, 5.41) is 7.12. The van der Waals surface area contributed by atoms with Gasteiger partial charge < -0.3 is 5.11 Å². The van der Waals surface area contributed by atoms with Gasteiger partial charge in [0.1, 0.15) is 0 Å². The quantitative estimate of drug-likeness (QED) is 0.583. The van der Waals surface area contributed by atoms with Gasteiger partial charge in [0, 0.05) is 0 Å². The molecule has 1 N–H and O–H groups in total. The molecule has 0 aliphatic rings. The average Bonchev–Trinajstić information content (AvgIpc) is 1.31. The SMILES string of the molecule is O=C(O)C(F)(F)F.[Co+3]. The molecule has 6 heteroatoms. The first-order chi connectivity index (χ1) is 2.94. The van der Waals surface area contributed by atoms with Gasteiger partial charge in [0.05, 0.1) is 0 Å². The van der Waals surface area contributed by atoms with Gasteiger partial charge in [0.25, 0.3) is 0 Å². The van der Waals surface area contributed by atoms with E-state index in [-0.39, 0.29) is 16.8 Å². The van der Waals surface area contributed by atoms with E-state index in [1.54, 1.807) is 0 Å². The molecule has 0 rings (SSSR count). The number of carboxylic acid groups (broad SMARTS) is 1. The molecule has 0 bridgehead atoms. The van der Waals surface area contributed by atoms with Gasteiger partial charge in [0.15, 0.2) is 0 Å². The summed E-state index contributed by atoms with van der Waals surface area (Å²) in [7, 11) is 0. The van der Waals surface area contributed by atoms with Crippen molar-refractivity contribution in [3.8, 4) is 0 Å². The number of aliphatic carboxylic acids is 1. The van der Waals surface area contributed by atoms with Crippen molar-refractivity contribution in [3.63, 3.8) is 0 Å². The van der Waals surface area contributed by atoms with Crippen LogP contribution in [0.15, 0.2) is 0 Å². The molecule has 0 aromatic heterocycles. The molecule has 0 radical (unpaired) electrons. The minimum atomic E-state index is -5.08. The maximum Gasteiger partial charge on any atom is 3.00 e. The van der Waals surface area contributed by atoms with Crippen LogP contribution in [0.2, 0.25) is 0 Å². The van der Waals surface area contributed by atoms with E-state index < -0.39 is 12.1 Å². The number of rotatable bonds is 0. The molecule has 0 aliphatic carbocycles. The van der Waals surface area contributed by atoms with E-state index in [1.165, 1.54) is 0 Å². The number of hydrogen-bond donors (Lipinski definition) is 1. The predicted octanol–water partition coefficient (Wildman–Crippen LogP) is 0.631. The van der Waals surface area contributed by atoms with Crippen LogP contribution in [0.3, 0.4) is 0 Å². The van der Waals surface area contributed by atoms with Crippen LogP contribution in [0.1, 0.15) is 0 Å². The maximum absolute atomic E-state index is 10.6. The fourth-order valence-electron chi connectivity index (χ4n) is 0. The normalized spacial score (nSPS) is 9.88. The van der Waals surface area contributed by atoms with Crippen LogP contribution in [0, 0.1) is 0 Å². The van der Waals surface area contributed by atoms with E-state index in [4.69, 9.17) is 9.90 Å². The summed E-state index contributed by atoms with van der Waals surface area (Å²) in [6, 6.07) is 0. The zero-order chi connectivity index (χ0) is 6.08. The summed E-state index contributed by atoms with van der Waals surface area (Å²) < 4.78 is 31.7. The molecule has 0 spiro atoms. The third-order valence-electron chi connectivity index (χ3n) is 0.243. The second kappa shape index (κ2) is 2.93. The second-order valence-corrected chi connectivity index (χ2v) is 0.803. The molecule has 0 atom stereocenters. The van der Waals surface area contributed by atoms with Gasteiger partial charge in [-0.3, -0.25) is 0 Å². The van der Waals surface area contributed by atoms with Gasteiger partial charge in [-0.15, -0.1) is 0 Å². The number of carboxylic acids is 1. The Morgan fingerprint density at radius 2 is 1.50 bits per heavy atom. The molecule has 0 fully saturated rings. The molecule has 0 aliphatic heterocycles. The first-order valence-corrected chi connectivity index (χ1v) is 1.24. The molecule has 0 aromatic carbocycles. The summed E-state index contributed by atoms with van der Waals surface area (Å²) >= 11 is 0. The van der Waals surface area contributed by atoms with Crippen LogP contribution in [-0.4, -0.2) is 17.3 Å². The molecule has 0 aromatic rings. The fourth-order valence-corrected chi connectivity index (χ4v) is 0. The van der Waals surface area contributed by atoms with Crippen LogP contribution in [0.25, 0.3) is 0 Å². The van der Waals surface area contributed by atoms with Gasteiger partial charge in [-0.2, -0.15) is 13.2 Å². The number of halogens is 3. The first-order valence-electron chi connectivity index (χ1n) is 1.24. The number of hydrogen-bond acceptors (Lipinski definition) is 1. The summed E-state index contributed by atoms with van der Waals surface area (Å²) in [5.41, 5.74) is 0. The van der Waals surface area contributed by atoms with Gasteiger partial charge in [-0.25, -0.2) is 4.79 Å². The average molecular weight is 173 g/mol. The molecular formula is C2HCoF3O2+3. The van der Waals surface area contributed by atoms with Crippen LogP contribution in [-0.2, 0) is 21.6 Å². The van der Waals surface area contributed by atoms with Crippen LogP contribution >= 0.6 is 0 Å². The molecular weight excluding hydrogens is 172 g/mol. The minimum Gasteiger partial charge on any atom is -0.475 e. The first kappa shape index (κ1) is 10.7. The molecule has 2 nitrogen and oxygen atoms in total. The second-order valence-electron chi connectivity index (χ2n) is 0.803. The fraction of sp³-hybridized carbons (Fsp3) is 0.500. The van der Waals surface area contributed by atoms with Gasteiger partial charge >= 0.3 is 28.9 Å². The van der Waals surface area contributed by atoms with Crippen LogP contribution in [0.4, 0.5) is 13.2 Å². The van der Waals surface area contributed by atoms with Crippen molar-refractivity contribution in [2.24, 2.45) is 0 Å². The van der Waals surface area contributed by atoms with Crippen molar-refractivity contribution in [2.75, 3.05) is 0 Å². The van der Waals surface area contributed by atoms with Crippen molar-refractivity contribution >= 4 is 5.97 Å². The van der Waals surface area contributed by atoms with Gasteiger partial charge in [-0.1, -0.05) is 0 Å². The molecule has 0 saturated carbocycles. The predicted molar refractivity (Wildman–Crippen MR) is 13.7 cm³/mol. The molecule has 0 unspecified atom stereocenters. The van der Waals surface area contributed by atoms with Crippen LogP contribution in [0.5, 0.6) is 0 Å². The maximum atomic E-state index is 10.6. The monoisotopic (exact) mass is 173 g/mol. The summed E-state index contributed by atoms with van der Waals surface area (Å²) in [4.78, 5) is 8.90. The third kappa shape index (κ3) is 3.94. The van der Waals surface area contributed by atoms with E-state index in [1.807, 2.05) is 0 Å². The standard InChI is InChI=1S/C2HF3O2.Co/c3-2(4,5)1(6)7;/h(H,6,7);/q;+3. The van der Waals surface area contributed by atoms with Crippen molar-refractivity contribution in [1.82, 2.24) is 0 Å². The topological polar surface area (TPSA) is 37.3 Å². The smallest absolute Gasteiger partial charge is 0.475 e. The summed E-state index contributed by atoms with van der Waals surface area (Å²) in [6.07, 6.45) is -5.08. The van der Waals surface area contributed by atoms with Gasteiger partial charge in [-0.05, 0) is 0 Å². The Morgan fingerprint density at radius 1 is 1.38 bits per heavy atom. The Labute approximate surface area is 52.9 Å². The number of alkyl halides is 3. The Bertz CT molecular complexity index is 87.8. The Kier molecular flexibility index (Phi) is 3.91. The number of carbonyl (C=O) groups is 1. The van der Waals surface area contributed by atoms with E-state index in [0.717, 1.165) is 0 Å². The summed E-state index contributed by atoms with van der Waals surface area (Å²) in [6.45, 7) is 0. The van der Waals surface area contributed by atoms with Crippen molar-refractivity contribution in [3.05, 3.63) is 0 Å². The molecule has 8 heavy (non-hydrogen) atoms. The van der Waals surface area contributed by atoms with E-state index in [0.29, 0.717) is 0 Å². The largest absolute Gasteiger partial charge is 3.00 e. The van der Waals surface area contributed by atoms with Crippen molar-refractivity contribution in [2.45, 2.75) is 6.18 Å². The van der Waals surface area contributed by atoms with Gasteiger partial charge in [0.2, 0.25) is 0 Å². The molecule has 48 valence electrons. The van der Waals surface area contributed by atoms with Crippen molar-refractivity contribution in [1.29, 1.82) is 0 Å². The van der Waals surface area contributed by atoms with Crippen molar-refractivity contribution < 1.29 is 39.9 Å². The molecule has 0 amide bonds. The van der Waals surface area contributed by atoms with E-state index in [9.17, 15) is 13.2 Å². The Balaban J connectivity index is 0. The zero-order valence-electron chi connectivity index (χ0n) is 3.32. The minimum absolute atomic E-state index is 0.